The third-order valence-corrected chi connectivity index (χ3v) is 3.61. The molecule has 1 fully saturated rings. The third kappa shape index (κ3) is 3.24. The number of nitrogen functional groups attached to an aromatic ring is 1. The van der Waals surface area contributed by atoms with Gasteiger partial charge < -0.3 is 15.5 Å². The molecule has 5 nitrogen and oxygen atoms in total. The molecule has 1 aromatic carbocycles. The summed E-state index contributed by atoms with van der Waals surface area (Å²) < 4.78 is 5.34. The zero-order valence-electron chi connectivity index (χ0n) is 11.4. The first-order valence-electron chi connectivity index (χ1n) is 6.57. The van der Waals surface area contributed by atoms with Gasteiger partial charge in [0.15, 0.2) is 0 Å². The Balaban J connectivity index is 2.06. The highest BCUT2D eigenvalue weighted by molar-refractivity contribution is 5.99. The quantitative estimate of drug-likeness (QED) is 0.567. The van der Waals surface area contributed by atoms with Gasteiger partial charge in [0.05, 0.1) is 17.9 Å². The number of aryl methyl sites for hydroxylation is 1. The first kappa shape index (κ1) is 13.8. The molecular weight excluding hydrogens is 242 g/mol. The average Bonchev–Trinajstić information content (AvgIpc) is 2.92. The van der Waals surface area contributed by atoms with E-state index in [1.807, 2.05) is 26.0 Å². The van der Waals surface area contributed by atoms with Crippen molar-refractivity contribution in [2.24, 2.45) is 11.8 Å². The molecule has 0 aromatic heterocycles. The maximum absolute atomic E-state index is 12.3. The molecule has 0 saturated carbocycles. The molecular formula is C14H21N3O2. The van der Waals surface area contributed by atoms with Crippen LogP contribution in [0.5, 0.6) is 0 Å². The molecule has 2 rings (SSSR count). The third-order valence-electron chi connectivity index (χ3n) is 3.61. The fraction of sp³-hybridized carbons (Fsp3) is 0.500. The van der Waals surface area contributed by atoms with Crippen LogP contribution in [0.1, 0.15) is 29.3 Å². The number of ether oxygens (including phenoxy) is 1. The molecule has 1 aromatic rings. The molecule has 104 valence electrons. The van der Waals surface area contributed by atoms with Crippen molar-refractivity contribution in [2.45, 2.75) is 26.3 Å². The molecule has 4 N–H and O–H groups in total. The molecule has 1 aliphatic heterocycles. The van der Waals surface area contributed by atoms with Crippen LogP contribution in [0.25, 0.3) is 0 Å². The highest BCUT2D eigenvalue weighted by atomic mass is 16.5. The Bertz CT molecular complexity index is 456. The van der Waals surface area contributed by atoms with Crippen LogP contribution in [0.3, 0.4) is 0 Å². The van der Waals surface area contributed by atoms with Crippen molar-refractivity contribution in [1.82, 2.24) is 5.32 Å². The van der Waals surface area contributed by atoms with E-state index in [4.69, 9.17) is 10.6 Å². The highest BCUT2D eigenvalue weighted by Crippen LogP contribution is 2.19. The fourth-order valence-electron chi connectivity index (χ4n) is 2.32. The van der Waals surface area contributed by atoms with Gasteiger partial charge >= 0.3 is 0 Å². The molecule has 5 heteroatoms. The minimum absolute atomic E-state index is 0.0990. The van der Waals surface area contributed by atoms with Gasteiger partial charge in [-0.25, -0.2) is 0 Å². The van der Waals surface area contributed by atoms with Crippen LogP contribution in [-0.2, 0) is 4.74 Å². The molecule has 2 unspecified atom stereocenters. The van der Waals surface area contributed by atoms with E-state index in [2.05, 4.69) is 10.7 Å². The van der Waals surface area contributed by atoms with Crippen molar-refractivity contribution in [3.63, 3.8) is 0 Å². The number of rotatable bonds is 4. The Hall–Kier alpha value is -1.59. The van der Waals surface area contributed by atoms with Gasteiger partial charge in [-0.3, -0.25) is 10.6 Å². The predicted molar refractivity (Wildman–Crippen MR) is 74.8 cm³/mol. The number of amides is 1. The fourth-order valence-corrected chi connectivity index (χ4v) is 2.32. The van der Waals surface area contributed by atoms with E-state index in [1.54, 1.807) is 6.07 Å². The normalized spacial score (nSPS) is 20.1. The smallest absolute Gasteiger partial charge is 0.253 e. The lowest BCUT2D eigenvalue weighted by Crippen LogP contribution is -2.38. The van der Waals surface area contributed by atoms with Crippen LogP contribution in [0.4, 0.5) is 5.69 Å². The Kier molecular flexibility index (Phi) is 4.39. The van der Waals surface area contributed by atoms with Gasteiger partial charge in [0.25, 0.3) is 5.91 Å². The predicted octanol–water partition coefficient (Wildman–Crippen LogP) is 1.44. The second-order valence-electron chi connectivity index (χ2n) is 5.08. The summed E-state index contributed by atoms with van der Waals surface area (Å²) in [5.41, 5.74) is 4.85. The molecule has 19 heavy (non-hydrogen) atoms. The number of nitrogens with one attached hydrogen (secondary N) is 2. The Morgan fingerprint density at radius 1 is 1.53 bits per heavy atom. The lowest BCUT2D eigenvalue weighted by molar-refractivity contribution is 0.0923. The van der Waals surface area contributed by atoms with Crippen molar-refractivity contribution < 1.29 is 9.53 Å². The molecule has 1 saturated heterocycles. The molecule has 0 aliphatic carbocycles. The van der Waals surface area contributed by atoms with Gasteiger partial charge in [-0.1, -0.05) is 6.07 Å². The minimum atomic E-state index is -0.104. The highest BCUT2D eigenvalue weighted by Gasteiger charge is 2.24. The summed E-state index contributed by atoms with van der Waals surface area (Å²) in [6.07, 6.45) is 0.997. The number of hydrazine groups is 1. The summed E-state index contributed by atoms with van der Waals surface area (Å²) in [6.45, 7) is 5.48. The van der Waals surface area contributed by atoms with Crippen molar-refractivity contribution in [3.05, 3.63) is 29.3 Å². The number of anilines is 1. The van der Waals surface area contributed by atoms with Crippen LogP contribution >= 0.6 is 0 Å². The minimum Gasteiger partial charge on any atom is -0.381 e. The summed E-state index contributed by atoms with van der Waals surface area (Å²) in [6, 6.07) is 5.65. The average molecular weight is 263 g/mol. The van der Waals surface area contributed by atoms with E-state index in [9.17, 15) is 4.79 Å². The van der Waals surface area contributed by atoms with Crippen molar-refractivity contribution in [1.29, 1.82) is 0 Å². The summed E-state index contributed by atoms with van der Waals surface area (Å²) in [5.74, 6) is 5.75. The van der Waals surface area contributed by atoms with Crippen molar-refractivity contribution in [3.8, 4) is 0 Å². The largest absolute Gasteiger partial charge is 0.381 e. The van der Waals surface area contributed by atoms with Crippen LogP contribution < -0.4 is 16.6 Å². The first-order valence-corrected chi connectivity index (χ1v) is 6.57. The van der Waals surface area contributed by atoms with Gasteiger partial charge in [-0.15, -0.1) is 0 Å². The maximum Gasteiger partial charge on any atom is 0.253 e. The van der Waals surface area contributed by atoms with Crippen LogP contribution in [0.2, 0.25) is 0 Å². The number of carbonyl (C=O) groups is 1. The van der Waals surface area contributed by atoms with E-state index in [1.165, 1.54) is 0 Å². The molecule has 0 bridgehead atoms. The molecule has 1 aliphatic rings. The van der Waals surface area contributed by atoms with E-state index >= 15 is 0 Å². The topological polar surface area (TPSA) is 76.4 Å². The van der Waals surface area contributed by atoms with Gasteiger partial charge in [-0.05, 0) is 38.0 Å². The lowest BCUT2D eigenvalue weighted by atomic mass is 10.00. The monoisotopic (exact) mass is 263 g/mol. The molecule has 1 heterocycles. The van der Waals surface area contributed by atoms with Gasteiger partial charge in [-0.2, -0.15) is 0 Å². The van der Waals surface area contributed by atoms with Crippen LogP contribution in [-0.4, -0.2) is 25.2 Å². The van der Waals surface area contributed by atoms with E-state index in [0.29, 0.717) is 17.2 Å². The number of carbonyl (C=O) groups excluding carboxylic acids is 1. The maximum atomic E-state index is 12.3. The molecule has 0 spiro atoms. The molecule has 1 amide bonds. The lowest BCUT2D eigenvalue weighted by Gasteiger charge is -2.20. The number of benzene rings is 1. The van der Waals surface area contributed by atoms with Crippen molar-refractivity contribution >= 4 is 11.6 Å². The molecule has 0 radical (unpaired) electrons. The van der Waals surface area contributed by atoms with E-state index < -0.39 is 0 Å². The zero-order chi connectivity index (χ0) is 13.8. The standard InChI is InChI=1S/C14H21N3O2/c1-9-3-4-12(13(7-9)17-15)14(18)16-10(2)11-5-6-19-8-11/h3-4,7,10-11,17H,5-6,8,15H2,1-2H3,(H,16,18). The van der Waals surface area contributed by atoms with Gasteiger partial charge in [0.2, 0.25) is 0 Å². The number of nitrogens with two attached hydrogens (primary N) is 1. The SMILES string of the molecule is Cc1ccc(C(=O)NC(C)C2CCOC2)c(NN)c1. The van der Waals surface area contributed by atoms with Crippen LogP contribution in [0, 0.1) is 12.8 Å². The van der Waals surface area contributed by atoms with E-state index in [-0.39, 0.29) is 11.9 Å². The zero-order valence-corrected chi connectivity index (χ0v) is 11.4. The summed E-state index contributed by atoms with van der Waals surface area (Å²) in [5, 5.41) is 3.02. The number of hydrogen-bond acceptors (Lipinski definition) is 4. The summed E-state index contributed by atoms with van der Waals surface area (Å²) in [4.78, 5) is 12.3. The first-order chi connectivity index (χ1) is 9.11. The van der Waals surface area contributed by atoms with Gasteiger partial charge in [0.1, 0.15) is 0 Å². The Morgan fingerprint density at radius 2 is 2.32 bits per heavy atom. The summed E-state index contributed by atoms with van der Waals surface area (Å²) in [7, 11) is 0. The van der Waals surface area contributed by atoms with Crippen molar-refractivity contribution in [2.75, 3.05) is 18.6 Å². The second kappa shape index (κ2) is 6.04. The number of hydrogen-bond donors (Lipinski definition) is 3. The Labute approximate surface area is 113 Å². The second-order valence-corrected chi connectivity index (χ2v) is 5.08. The Morgan fingerprint density at radius 3 is 2.95 bits per heavy atom. The summed E-state index contributed by atoms with van der Waals surface area (Å²) >= 11 is 0. The molecule has 2 atom stereocenters. The van der Waals surface area contributed by atoms with E-state index in [0.717, 1.165) is 25.2 Å². The van der Waals surface area contributed by atoms with Crippen LogP contribution in [0.15, 0.2) is 18.2 Å². The van der Waals surface area contributed by atoms with Gasteiger partial charge in [0, 0.05) is 18.6 Å².